The van der Waals surface area contributed by atoms with E-state index in [-0.39, 0.29) is 38.0 Å². The number of hydrogen-bond donors (Lipinski definition) is 12. The number of rotatable bonds is 45. The van der Waals surface area contributed by atoms with Crippen LogP contribution in [0.5, 0.6) is 0 Å². The maximum Gasteiger partial charge on any atom is 0.305 e. The van der Waals surface area contributed by atoms with E-state index in [2.05, 4.69) is 54.4 Å². The molecule has 0 saturated carbocycles. The van der Waals surface area contributed by atoms with Crippen molar-refractivity contribution < 1.29 is 77.3 Å². The van der Waals surface area contributed by atoms with Crippen LogP contribution >= 0.6 is 0 Å². The van der Waals surface area contributed by atoms with Crippen LogP contribution in [0.15, 0.2) is 43.0 Å². The van der Waals surface area contributed by atoms with E-state index >= 15 is 0 Å². The smallest absolute Gasteiger partial charge is 0.305 e. The van der Waals surface area contributed by atoms with Crippen LogP contribution in [0, 0.1) is 11.8 Å². The van der Waals surface area contributed by atoms with Gasteiger partial charge < -0.3 is 60.7 Å². The average Bonchev–Trinajstić information content (AvgIpc) is 3.40. The summed E-state index contributed by atoms with van der Waals surface area (Å²) in [5.41, 5.74) is 5.90. The van der Waals surface area contributed by atoms with Crippen molar-refractivity contribution in [3.8, 4) is 0 Å². The molecule has 0 radical (unpaired) electrons. The number of benzene rings is 1. The molecule has 26 nitrogen and oxygen atoms in total. The minimum Gasteiger partial charge on any atom is -0.481 e. The van der Waals surface area contributed by atoms with E-state index in [1.807, 2.05) is 0 Å². The van der Waals surface area contributed by atoms with Crippen LogP contribution in [0.3, 0.4) is 0 Å². The number of carboxylic acid groups (broad SMARTS) is 1. The number of nitrogens with one attached hydrogen (secondary N) is 9. The number of aliphatic carboxylic acids is 1. The molecule has 4 amide bonds. The van der Waals surface area contributed by atoms with Gasteiger partial charge in [-0.25, -0.2) is 0 Å². The third kappa shape index (κ3) is 25.6. The molecule has 0 spiro atoms. The molecule has 26 heteroatoms. The predicted molar refractivity (Wildman–Crippen MR) is 277 cm³/mol. The zero-order valence-corrected chi connectivity index (χ0v) is 44.0. The Hall–Kier alpha value is -6.94. The number of carbonyl (C=O) groups excluding carboxylic acids is 13. The van der Waals surface area contributed by atoms with Gasteiger partial charge in [0.2, 0.25) is 23.6 Å². The van der Waals surface area contributed by atoms with E-state index in [9.17, 15) is 77.3 Å². The highest BCUT2D eigenvalue weighted by Crippen LogP contribution is 2.13. The summed E-state index contributed by atoms with van der Waals surface area (Å²) in [6, 6.07) is -5.42. The second-order valence-electron chi connectivity index (χ2n) is 18.7. The third-order valence-electron chi connectivity index (χ3n) is 12.2. The first-order valence-corrected chi connectivity index (χ1v) is 25.1. The summed E-state index contributed by atoms with van der Waals surface area (Å²) in [4.78, 5) is 182. The van der Waals surface area contributed by atoms with Gasteiger partial charge in [-0.3, -0.25) is 70.3 Å². The molecule has 0 aromatic heterocycles. The number of Topliss-reactive ketones (excluding diaryl/α,β-unsaturated/α-hetero) is 3. The van der Waals surface area contributed by atoms with Gasteiger partial charge in [0.05, 0.1) is 73.4 Å². The van der Waals surface area contributed by atoms with Gasteiger partial charge in [0.15, 0.2) is 17.3 Å². The number of primary amides is 1. The number of carbonyl (C=O) groups is 14. The van der Waals surface area contributed by atoms with E-state index in [0.29, 0.717) is 43.4 Å². The molecule has 0 fully saturated rings. The Morgan fingerprint density at radius 3 is 1.55 bits per heavy atom. The minimum atomic E-state index is -1.97. The number of amides is 4. The molecule has 2 unspecified atom stereocenters. The van der Waals surface area contributed by atoms with Crippen LogP contribution in [-0.4, -0.2) is 181 Å². The van der Waals surface area contributed by atoms with Crippen molar-refractivity contribution in [2.75, 3.05) is 13.2 Å². The predicted octanol–water partition coefficient (Wildman–Crippen LogP) is -3.84. The third-order valence-corrected chi connectivity index (χ3v) is 12.2. The summed E-state index contributed by atoms with van der Waals surface area (Å²) in [6.07, 6.45) is -4.04. The summed E-state index contributed by atoms with van der Waals surface area (Å²) in [7, 11) is 0. The second kappa shape index (κ2) is 36.9. The van der Waals surface area contributed by atoms with E-state index < -0.39 is 158 Å². The SMILES string of the molecule is C=CCNC(=O)[C@@H](CC(=O)C(NC(=O)[C@@H](CC(=O)C(NC(=O)[C@@H](CC(=O)[C@@H](C)N[C@H](C=O)CO)N[C@H](C=O)CC(=O)O)N[C@H](C=O)Cc1ccccc1)N[C@H](C=O)[C@@H](C)CC)N[C@H](C=O)CCC(N)=O)N[C@H](C=O)C(C)C. The maximum atomic E-state index is 14.8. The van der Waals surface area contributed by atoms with Gasteiger partial charge >= 0.3 is 5.97 Å². The quantitative estimate of drug-likeness (QED) is 0.0169. The Labute approximate surface area is 446 Å². The first kappa shape index (κ1) is 68.1. The van der Waals surface area contributed by atoms with E-state index in [1.165, 1.54) is 13.0 Å². The first-order chi connectivity index (χ1) is 36.5. The van der Waals surface area contributed by atoms with E-state index in [0.717, 1.165) is 0 Å². The van der Waals surface area contributed by atoms with Crippen molar-refractivity contribution in [1.29, 1.82) is 0 Å². The van der Waals surface area contributed by atoms with Crippen LogP contribution < -0.4 is 53.6 Å². The molecule has 0 saturated heterocycles. The Morgan fingerprint density at radius 1 is 0.597 bits per heavy atom. The molecule has 0 bridgehead atoms. The Balaban J connectivity index is 4.06. The average molecular weight is 1090 g/mol. The lowest BCUT2D eigenvalue weighted by molar-refractivity contribution is -0.139. The van der Waals surface area contributed by atoms with Gasteiger partial charge in [0.1, 0.15) is 50.0 Å². The summed E-state index contributed by atoms with van der Waals surface area (Å²) < 4.78 is 0. The standard InChI is InChI=1S/C51H76N10O16/c1-7-16-53-49(75)37(58-40(27-67)29(3)4)20-43(70)47(56-33(22-62)14-15-45(52)72)60-51(77)39(59-41(28-68)30(5)8-2)21-44(71)48(57-34(23-63)17-32-12-10-9-11-13-32)61-50(76)38(55-35(24-64)18-46(73)74)19-42(69)31(6)54-36(25-65)26-66/h7,9-13,22-25,27-31,33-41,47-48,54-59,66H,1,8,14-21,26H2,2-6H3,(H2,52,72)(H,53,75)(H,60,77)(H,61,76)(H,73,74)/t30-,31+,33-,34-,35-,36+,37+,38+,39+,40+,41+,47?,48?/m0/s1. The molecular formula is C51H76N10O16. The number of ketones is 3. The fourth-order valence-corrected chi connectivity index (χ4v) is 7.43. The second-order valence-corrected chi connectivity index (χ2v) is 18.7. The monoisotopic (exact) mass is 1080 g/mol. The lowest BCUT2D eigenvalue weighted by Gasteiger charge is -2.31. The fraction of sp³-hybridized carbons (Fsp3) is 0.569. The highest BCUT2D eigenvalue weighted by molar-refractivity contribution is 5.99. The summed E-state index contributed by atoms with van der Waals surface area (Å²) >= 11 is 0. The summed E-state index contributed by atoms with van der Waals surface area (Å²) in [5.74, 6) is -9.16. The van der Waals surface area contributed by atoms with Crippen LogP contribution in [0.1, 0.15) is 85.1 Å². The number of nitrogens with two attached hydrogens (primary N) is 1. The summed E-state index contributed by atoms with van der Waals surface area (Å²) in [5, 5.41) is 42.4. The highest BCUT2D eigenvalue weighted by atomic mass is 16.4. The van der Waals surface area contributed by atoms with Crippen molar-refractivity contribution in [2.24, 2.45) is 17.6 Å². The minimum absolute atomic E-state index is 0.0484. The van der Waals surface area contributed by atoms with Crippen LogP contribution in [0.25, 0.3) is 0 Å². The van der Waals surface area contributed by atoms with Gasteiger partial charge in [-0.2, -0.15) is 0 Å². The van der Waals surface area contributed by atoms with Crippen molar-refractivity contribution in [3.63, 3.8) is 0 Å². The Morgan fingerprint density at radius 2 is 1.09 bits per heavy atom. The van der Waals surface area contributed by atoms with E-state index in [1.54, 1.807) is 58.0 Å². The van der Waals surface area contributed by atoms with Gasteiger partial charge in [-0.15, -0.1) is 6.58 Å². The molecule has 426 valence electrons. The highest BCUT2D eigenvalue weighted by Gasteiger charge is 2.37. The van der Waals surface area contributed by atoms with Crippen molar-refractivity contribution >= 4 is 84.7 Å². The Kier molecular flexibility index (Phi) is 32.7. The molecule has 77 heavy (non-hydrogen) atoms. The Bertz CT molecular complexity index is 2170. The van der Waals surface area contributed by atoms with Crippen molar-refractivity contribution in [3.05, 3.63) is 48.6 Å². The van der Waals surface area contributed by atoms with E-state index in [4.69, 9.17) is 5.73 Å². The molecule has 13 atom stereocenters. The van der Waals surface area contributed by atoms with Gasteiger partial charge in [-0.05, 0) is 37.2 Å². The number of aliphatic hydroxyl groups is 1. The molecular weight excluding hydrogens is 1010 g/mol. The molecule has 1 aromatic carbocycles. The number of aliphatic hydroxyl groups excluding tert-OH is 1. The first-order valence-electron chi connectivity index (χ1n) is 25.1. The summed E-state index contributed by atoms with van der Waals surface area (Å²) in [6.45, 7) is 10.8. The molecule has 0 aliphatic heterocycles. The molecule has 0 heterocycles. The molecule has 0 aliphatic carbocycles. The van der Waals surface area contributed by atoms with Crippen LogP contribution in [0.2, 0.25) is 0 Å². The van der Waals surface area contributed by atoms with Crippen LogP contribution in [-0.2, 0) is 73.5 Å². The lowest BCUT2D eigenvalue weighted by Crippen LogP contribution is -2.63. The van der Waals surface area contributed by atoms with Gasteiger partial charge in [0, 0.05) is 32.2 Å². The van der Waals surface area contributed by atoms with Crippen molar-refractivity contribution in [2.45, 2.75) is 159 Å². The molecule has 1 rings (SSSR count). The molecule has 0 aliphatic rings. The zero-order chi connectivity index (χ0) is 58.2. The topological polar surface area (TPSA) is 414 Å². The van der Waals surface area contributed by atoms with Gasteiger partial charge in [-0.1, -0.05) is 70.5 Å². The van der Waals surface area contributed by atoms with Crippen molar-refractivity contribution in [1.82, 2.24) is 47.9 Å². The number of aldehydes is 6. The number of hydrogen-bond acceptors (Lipinski definition) is 21. The van der Waals surface area contributed by atoms with Crippen LogP contribution in [0.4, 0.5) is 0 Å². The zero-order valence-electron chi connectivity index (χ0n) is 44.0. The largest absolute Gasteiger partial charge is 0.481 e. The van der Waals surface area contributed by atoms with Gasteiger partial charge in [0.25, 0.3) is 0 Å². The normalized spacial score (nSPS) is 16.3. The molecule has 1 aromatic rings. The number of carboxylic acids is 1. The molecule has 13 N–H and O–H groups in total. The fourth-order valence-electron chi connectivity index (χ4n) is 7.43. The maximum absolute atomic E-state index is 14.8. The lowest BCUT2D eigenvalue weighted by atomic mass is 9.97.